The van der Waals surface area contributed by atoms with Gasteiger partial charge in [0.05, 0.1) is 19.1 Å². The highest BCUT2D eigenvalue weighted by atomic mass is 32.1. The van der Waals surface area contributed by atoms with Crippen molar-refractivity contribution in [3.05, 3.63) is 52.6 Å². The minimum atomic E-state index is -0.523. The van der Waals surface area contributed by atoms with Crippen molar-refractivity contribution in [3.63, 3.8) is 0 Å². The lowest BCUT2D eigenvalue weighted by atomic mass is 10.2. The molecule has 166 valence electrons. The quantitative estimate of drug-likeness (QED) is 0.266. The normalized spacial score (nSPS) is 10.2. The van der Waals surface area contributed by atoms with Crippen LogP contribution in [0.15, 0.2) is 42.5 Å². The second kappa shape index (κ2) is 10.1. The lowest BCUT2D eigenvalue weighted by Gasteiger charge is -2.11. The number of non-ortho nitro benzene ring substituents is 1. The van der Waals surface area contributed by atoms with Crippen molar-refractivity contribution >= 4 is 34.6 Å². The molecular weight excluding hydrogens is 440 g/mol. The van der Waals surface area contributed by atoms with Gasteiger partial charge in [-0.25, -0.2) is 0 Å². The maximum absolute atomic E-state index is 12.1. The lowest BCUT2D eigenvalue weighted by molar-refractivity contribution is -0.384. The van der Waals surface area contributed by atoms with Crippen LogP contribution in [-0.2, 0) is 11.3 Å². The van der Waals surface area contributed by atoms with Crippen LogP contribution in [0, 0.1) is 10.1 Å². The molecule has 0 saturated carbocycles. The summed E-state index contributed by atoms with van der Waals surface area (Å²) in [7, 11) is 3.05. The molecule has 0 aliphatic heterocycles. The maximum Gasteiger partial charge on any atom is 0.271 e. The first-order chi connectivity index (χ1) is 15.4. The third-order valence-corrected chi connectivity index (χ3v) is 4.21. The maximum atomic E-state index is 12.1. The molecule has 32 heavy (non-hydrogen) atoms. The lowest BCUT2D eigenvalue weighted by Crippen LogP contribution is -2.45. The van der Waals surface area contributed by atoms with Gasteiger partial charge in [-0.05, 0) is 41.7 Å². The number of anilines is 1. The molecule has 3 rings (SSSR count). The fourth-order valence-corrected chi connectivity index (χ4v) is 2.72. The number of nitrogens with zero attached hydrogens (tertiary/aromatic N) is 5. The van der Waals surface area contributed by atoms with E-state index in [9.17, 15) is 14.9 Å². The summed E-state index contributed by atoms with van der Waals surface area (Å²) in [5.74, 6) is 0.871. The summed E-state index contributed by atoms with van der Waals surface area (Å²) in [4.78, 5) is 23.5. The molecule has 2 aromatic carbocycles. The van der Waals surface area contributed by atoms with E-state index < -0.39 is 10.8 Å². The number of benzene rings is 2. The highest BCUT2D eigenvalue weighted by Crippen LogP contribution is 2.30. The zero-order valence-corrected chi connectivity index (χ0v) is 17.8. The van der Waals surface area contributed by atoms with Crippen LogP contribution in [0.3, 0.4) is 0 Å². The summed E-state index contributed by atoms with van der Waals surface area (Å²) in [5, 5.41) is 25.6. The fourth-order valence-electron chi connectivity index (χ4n) is 2.56. The van der Waals surface area contributed by atoms with Crippen LogP contribution in [0.25, 0.3) is 11.4 Å². The minimum absolute atomic E-state index is 0.0383. The molecule has 0 aliphatic carbocycles. The molecule has 0 fully saturated rings. The van der Waals surface area contributed by atoms with Gasteiger partial charge in [-0.3, -0.25) is 25.8 Å². The summed E-state index contributed by atoms with van der Waals surface area (Å²) in [6, 6.07) is 10.9. The van der Waals surface area contributed by atoms with Crippen LogP contribution in [0.2, 0.25) is 0 Å². The summed E-state index contributed by atoms with van der Waals surface area (Å²) < 4.78 is 10.4. The Morgan fingerprint density at radius 2 is 1.94 bits per heavy atom. The van der Waals surface area contributed by atoms with E-state index in [1.807, 2.05) is 0 Å². The second-order valence-corrected chi connectivity index (χ2v) is 6.56. The van der Waals surface area contributed by atoms with Crippen LogP contribution in [0.1, 0.15) is 0 Å². The number of carbonyl (C=O) groups excluding carboxylic acids is 1. The Kier molecular flexibility index (Phi) is 7.07. The average molecular weight is 458 g/mol. The number of nitro groups is 1. The smallest absolute Gasteiger partial charge is 0.271 e. The number of methoxy groups -OCH3 is 2. The first-order valence-electron chi connectivity index (χ1n) is 9.00. The number of tetrazole rings is 1. The van der Waals surface area contributed by atoms with Gasteiger partial charge in [0, 0.05) is 23.4 Å². The molecule has 0 radical (unpaired) electrons. The van der Waals surface area contributed by atoms with Gasteiger partial charge >= 0.3 is 0 Å². The van der Waals surface area contributed by atoms with Crippen LogP contribution in [0.4, 0.5) is 11.4 Å². The summed E-state index contributed by atoms with van der Waals surface area (Å²) in [6.45, 7) is -0.229. The predicted molar refractivity (Wildman–Crippen MR) is 117 cm³/mol. The van der Waals surface area contributed by atoms with E-state index in [1.54, 1.807) is 24.3 Å². The Balaban J connectivity index is 1.54. The number of rotatable bonds is 7. The van der Waals surface area contributed by atoms with Gasteiger partial charge in [0.2, 0.25) is 5.82 Å². The Morgan fingerprint density at radius 1 is 1.16 bits per heavy atom. The van der Waals surface area contributed by atoms with Crippen LogP contribution in [-0.4, -0.2) is 50.4 Å². The van der Waals surface area contributed by atoms with Crippen molar-refractivity contribution in [2.24, 2.45) is 0 Å². The second-order valence-electron chi connectivity index (χ2n) is 6.15. The summed E-state index contributed by atoms with van der Waals surface area (Å²) in [6.07, 6.45) is 0. The van der Waals surface area contributed by atoms with E-state index in [0.29, 0.717) is 28.6 Å². The van der Waals surface area contributed by atoms with Crippen molar-refractivity contribution in [2.75, 3.05) is 19.5 Å². The van der Waals surface area contributed by atoms with Crippen LogP contribution >= 0.6 is 12.2 Å². The molecule has 0 bridgehead atoms. The monoisotopic (exact) mass is 458 g/mol. The number of hydrogen-bond acceptors (Lipinski definition) is 9. The van der Waals surface area contributed by atoms with Crippen LogP contribution in [0.5, 0.6) is 11.5 Å². The van der Waals surface area contributed by atoms with Crippen LogP contribution < -0.4 is 25.6 Å². The van der Waals surface area contributed by atoms with Gasteiger partial charge in [0.1, 0.15) is 6.54 Å². The van der Waals surface area contributed by atoms with E-state index in [1.165, 1.54) is 32.4 Å². The van der Waals surface area contributed by atoms with E-state index in [4.69, 9.17) is 21.7 Å². The molecule has 1 amide bonds. The predicted octanol–water partition coefficient (Wildman–Crippen LogP) is 1.28. The molecule has 14 heteroatoms. The van der Waals surface area contributed by atoms with Gasteiger partial charge in [-0.15, -0.1) is 10.2 Å². The van der Waals surface area contributed by atoms with E-state index >= 15 is 0 Å². The van der Waals surface area contributed by atoms with Gasteiger partial charge in [0.25, 0.3) is 11.6 Å². The number of ether oxygens (including phenoxy) is 2. The SMILES string of the molecule is COc1ccc(-c2nnn(CC(=O)NNC(=S)Nc3cccc([N+](=O)[O-])c3)n2)cc1OC. The van der Waals surface area contributed by atoms with E-state index in [-0.39, 0.29) is 17.3 Å². The minimum Gasteiger partial charge on any atom is -0.493 e. The first-order valence-corrected chi connectivity index (χ1v) is 9.41. The number of carbonyl (C=O) groups is 1. The Morgan fingerprint density at radius 3 is 2.66 bits per heavy atom. The number of aromatic nitrogens is 4. The number of hydrazine groups is 1. The number of nitrogens with one attached hydrogen (secondary N) is 3. The Hall–Kier alpha value is -4.33. The molecule has 0 unspecified atom stereocenters. The summed E-state index contributed by atoms with van der Waals surface area (Å²) >= 11 is 5.06. The first kappa shape index (κ1) is 22.4. The van der Waals surface area contributed by atoms with Crippen molar-refractivity contribution < 1.29 is 19.2 Å². The molecule has 0 spiro atoms. The molecule has 0 aliphatic rings. The highest BCUT2D eigenvalue weighted by Gasteiger charge is 2.13. The number of amides is 1. The zero-order chi connectivity index (χ0) is 23.1. The summed E-state index contributed by atoms with van der Waals surface area (Å²) in [5.41, 5.74) is 5.81. The van der Waals surface area contributed by atoms with E-state index in [0.717, 1.165) is 4.80 Å². The topological polar surface area (TPSA) is 158 Å². The number of nitro benzene ring substituents is 1. The zero-order valence-electron chi connectivity index (χ0n) is 16.9. The van der Waals surface area contributed by atoms with Crippen molar-refractivity contribution in [2.45, 2.75) is 6.54 Å². The Bertz CT molecular complexity index is 1150. The van der Waals surface area contributed by atoms with Crippen molar-refractivity contribution in [3.8, 4) is 22.9 Å². The molecule has 0 atom stereocenters. The Labute approximate surface area is 186 Å². The van der Waals surface area contributed by atoms with Gasteiger partial charge < -0.3 is 14.8 Å². The highest BCUT2D eigenvalue weighted by molar-refractivity contribution is 7.80. The number of hydrogen-bond donors (Lipinski definition) is 3. The van der Waals surface area contributed by atoms with Crippen molar-refractivity contribution in [1.29, 1.82) is 0 Å². The molecule has 0 saturated heterocycles. The largest absolute Gasteiger partial charge is 0.493 e. The van der Waals surface area contributed by atoms with Gasteiger partial charge in [-0.2, -0.15) is 4.80 Å². The molecule has 3 N–H and O–H groups in total. The molecule has 1 aromatic heterocycles. The third kappa shape index (κ3) is 5.63. The third-order valence-electron chi connectivity index (χ3n) is 4.01. The molecular formula is C18H18N8O5S. The van der Waals surface area contributed by atoms with E-state index in [2.05, 4.69) is 31.6 Å². The van der Waals surface area contributed by atoms with Crippen molar-refractivity contribution in [1.82, 2.24) is 31.1 Å². The number of thiocarbonyl (C=S) groups is 1. The average Bonchev–Trinajstić information content (AvgIpc) is 3.25. The molecule has 13 nitrogen and oxygen atoms in total. The fraction of sp³-hybridized carbons (Fsp3) is 0.167. The molecule has 3 aromatic rings. The molecule has 1 heterocycles. The standard InChI is InChI=1S/C18H18N8O5S/c1-30-14-7-6-11(8-15(14)31-2)17-21-24-25(23-17)10-16(27)20-22-18(32)19-12-4-3-5-13(9-12)26(28)29/h3-9H,10H2,1-2H3,(H,20,27)(H2,19,22,32). The van der Waals surface area contributed by atoms with Gasteiger partial charge in [-0.1, -0.05) is 6.07 Å². The van der Waals surface area contributed by atoms with Gasteiger partial charge in [0.15, 0.2) is 16.6 Å².